The summed E-state index contributed by atoms with van der Waals surface area (Å²) in [6.45, 7) is 4.17. The zero-order valence-electron chi connectivity index (χ0n) is 10.5. The lowest BCUT2D eigenvalue weighted by Crippen LogP contribution is -2.25. The van der Waals surface area contributed by atoms with Gasteiger partial charge in [0.2, 0.25) is 5.91 Å². The molecule has 0 aliphatic heterocycles. The van der Waals surface area contributed by atoms with Gasteiger partial charge in [-0.2, -0.15) is 0 Å². The fraction of sp³-hybridized carbons (Fsp3) is 0.417. The van der Waals surface area contributed by atoms with Gasteiger partial charge < -0.3 is 15.0 Å². The zero-order chi connectivity index (χ0) is 13.5. The van der Waals surface area contributed by atoms with Gasteiger partial charge in [0.1, 0.15) is 11.5 Å². The molecule has 1 aromatic rings. The van der Waals surface area contributed by atoms with Gasteiger partial charge >= 0.3 is 5.97 Å². The van der Waals surface area contributed by atoms with E-state index in [1.54, 1.807) is 6.20 Å². The van der Waals surface area contributed by atoms with Crippen LogP contribution in [0.5, 0.6) is 0 Å². The lowest BCUT2D eigenvalue weighted by Gasteiger charge is -2.05. The smallest absolute Gasteiger partial charge is 0.352 e. The van der Waals surface area contributed by atoms with Gasteiger partial charge in [0, 0.05) is 32.3 Å². The van der Waals surface area contributed by atoms with E-state index in [1.807, 2.05) is 10.8 Å². The van der Waals surface area contributed by atoms with E-state index in [-0.39, 0.29) is 5.70 Å². The van der Waals surface area contributed by atoms with Crippen LogP contribution in [0.25, 0.3) is 0 Å². The summed E-state index contributed by atoms with van der Waals surface area (Å²) in [5.74, 6) is -0.778. The number of hydrogen-bond acceptors (Lipinski definition) is 3. The summed E-state index contributed by atoms with van der Waals surface area (Å²) in [6, 6.07) is 0. The number of carbonyl (C=O) groups is 2. The van der Waals surface area contributed by atoms with Crippen LogP contribution in [-0.4, -0.2) is 26.5 Å². The molecule has 1 aromatic heterocycles. The minimum Gasteiger partial charge on any atom is -0.477 e. The van der Waals surface area contributed by atoms with Crippen molar-refractivity contribution in [2.75, 3.05) is 0 Å². The standard InChI is InChI=1S/C12H17N3O3/c1-3-7-15-8-6-13-11(15)5-4-10(12(17)18)14-9(2)16/h4,6,8H,3,5,7H2,1-2H3,(H,14,16)(H,17,18)/b10-4+. The molecule has 1 rings (SSSR count). The van der Waals surface area contributed by atoms with Crippen LogP contribution in [0.1, 0.15) is 26.1 Å². The van der Waals surface area contributed by atoms with Crippen molar-refractivity contribution >= 4 is 11.9 Å². The number of allylic oxidation sites excluding steroid dienone is 1. The summed E-state index contributed by atoms with van der Waals surface area (Å²) in [7, 11) is 0. The van der Waals surface area contributed by atoms with Gasteiger partial charge in [-0.05, 0) is 12.5 Å². The number of amides is 1. The van der Waals surface area contributed by atoms with Crippen LogP contribution < -0.4 is 5.32 Å². The van der Waals surface area contributed by atoms with Gasteiger partial charge in [0.05, 0.1) is 0 Å². The molecule has 0 aliphatic rings. The predicted octanol–water partition coefficient (Wildman–Crippen LogP) is 0.940. The Morgan fingerprint density at radius 2 is 2.28 bits per heavy atom. The van der Waals surface area contributed by atoms with E-state index < -0.39 is 11.9 Å². The van der Waals surface area contributed by atoms with Crippen LogP contribution in [-0.2, 0) is 22.6 Å². The summed E-state index contributed by atoms with van der Waals surface area (Å²) < 4.78 is 1.96. The second kappa shape index (κ2) is 6.58. The van der Waals surface area contributed by atoms with Crippen molar-refractivity contribution in [2.24, 2.45) is 0 Å². The summed E-state index contributed by atoms with van der Waals surface area (Å²) >= 11 is 0. The lowest BCUT2D eigenvalue weighted by molar-refractivity contribution is -0.134. The van der Waals surface area contributed by atoms with Crippen molar-refractivity contribution in [3.05, 3.63) is 30.0 Å². The Morgan fingerprint density at radius 3 is 2.83 bits per heavy atom. The zero-order valence-corrected chi connectivity index (χ0v) is 10.5. The highest BCUT2D eigenvalue weighted by Gasteiger charge is 2.09. The second-order valence-corrected chi connectivity index (χ2v) is 3.85. The second-order valence-electron chi connectivity index (χ2n) is 3.85. The van der Waals surface area contributed by atoms with Crippen LogP contribution in [0.3, 0.4) is 0 Å². The highest BCUT2D eigenvalue weighted by Crippen LogP contribution is 2.03. The third kappa shape index (κ3) is 4.04. The summed E-state index contributed by atoms with van der Waals surface area (Å²) in [5.41, 5.74) is -0.117. The number of rotatable bonds is 6. The molecule has 1 heterocycles. The fourth-order valence-electron chi connectivity index (χ4n) is 1.55. The number of aryl methyl sites for hydroxylation is 1. The van der Waals surface area contributed by atoms with E-state index in [9.17, 15) is 9.59 Å². The van der Waals surface area contributed by atoms with Gasteiger partial charge in [-0.15, -0.1) is 0 Å². The van der Waals surface area contributed by atoms with Crippen molar-refractivity contribution in [1.82, 2.24) is 14.9 Å². The number of nitrogens with one attached hydrogen (secondary N) is 1. The third-order valence-electron chi connectivity index (χ3n) is 2.30. The van der Waals surface area contributed by atoms with E-state index in [1.165, 1.54) is 13.0 Å². The maximum atomic E-state index is 10.9. The first-order chi connectivity index (χ1) is 8.54. The number of nitrogens with zero attached hydrogens (tertiary/aromatic N) is 2. The van der Waals surface area contributed by atoms with Gasteiger partial charge in [-0.25, -0.2) is 9.78 Å². The van der Waals surface area contributed by atoms with Crippen molar-refractivity contribution in [2.45, 2.75) is 33.2 Å². The molecule has 18 heavy (non-hydrogen) atoms. The SMILES string of the molecule is CCCn1ccnc1C/C=C(/NC(C)=O)C(=O)O. The quantitative estimate of drug-likeness (QED) is 0.737. The highest BCUT2D eigenvalue weighted by molar-refractivity contribution is 5.91. The number of imidazole rings is 1. The molecule has 2 N–H and O–H groups in total. The van der Waals surface area contributed by atoms with Crippen LogP contribution in [0.4, 0.5) is 0 Å². The predicted molar refractivity (Wildman–Crippen MR) is 65.8 cm³/mol. The molecule has 6 nitrogen and oxygen atoms in total. The molecular weight excluding hydrogens is 234 g/mol. The topological polar surface area (TPSA) is 84.2 Å². The van der Waals surface area contributed by atoms with E-state index in [2.05, 4.69) is 17.2 Å². The van der Waals surface area contributed by atoms with Crippen molar-refractivity contribution in [3.8, 4) is 0 Å². The summed E-state index contributed by atoms with van der Waals surface area (Å²) in [4.78, 5) is 25.9. The Bertz CT molecular complexity index is 463. The van der Waals surface area contributed by atoms with Gasteiger partial charge in [-0.1, -0.05) is 6.92 Å². The Morgan fingerprint density at radius 1 is 1.56 bits per heavy atom. The van der Waals surface area contributed by atoms with Gasteiger partial charge in [-0.3, -0.25) is 4.79 Å². The number of aromatic nitrogens is 2. The Balaban J connectivity index is 2.78. The Kier molecular flexibility index (Phi) is 5.10. The average molecular weight is 251 g/mol. The molecule has 0 fully saturated rings. The van der Waals surface area contributed by atoms with Crippen molar-refractivity contribution in [3.63, 3.8) is 0 Å². The molecule has 98 valence electrons. The van der Waals surface area contributed by atoms with Crippen LogP contribution in [0.2, 0.25) is 0 Å². The van der Waals surface area contributed by atoms with Crippen LogP contribution >= 0.6 is 0 Å². The molecular formula is C12H17N3O3. The maximum Gasteiger partial charge on any atom is 0.352 e. The van der Waals surface area contributed by atoms with Gasteiger partial charge in [0.15, 0.2) is 0 Å². The summed E-state index contributed by atoms with van der Waals surface area (Å²) in [6.07, 6.45) is 6.33. The van der Waals surface area contributed by atoms with E-state index in [0.717, 1.165) is 18.8 Å². The molecule has 0 saturated carbocycles. The van der Waals surface area contributed by atoms with Crippen molar-refractivity contribution in [1.29, 1.82) is 0 Å². The molecule has 1 amide bonds. The normalized spacial score (nSPS) is 11.3. The van der Waals surface area contributed by atoms with Crippen molar-refractivity contribution < 1.29 is 14.7 Å². The molecule has 0 spiro atoms. The molecule has 0 unspecified atom stereocenters. The minimum atomic E-state index is -1.15. The number of carboxylic acids is 1. The summed E-state index contributed by atoms with van der Waals surface area (Å²) in [5, 5.41) is 11.2. The molecule has 0 radical (unpaired) electrons. The number of carboxylic acid groups (broad SMARTS) is 1. The van der Waals surface area contributed by atoms with Crippen LogP contribution in [0, 0.1) is 0 Å². The monoisotopic (exact) mass is 251 g/mol. The molecule has 0 saturated heterocycles. The fourth-order valence-corrected chi connectivity index (χ4v) is 1.55. The molecule has 0 bridgehead atoms. The third-order valence-corrected chi connectivity index (χ3v) is 2.30. The van der Waals surface area contributed by atoms with E-state index >= 15 is 0 Å². The number of carbonyl (C=O) groups excluding carboxylic acids is 1. The number of hydrogen-bond donors (Lipinski definition) is 2. The first-order valence-corrected chi connectivity index (χ1v) is 5.75. The highest BCUT2D eigenvalue weighted by atomic mass is 16.4. The minimum absolute atomic E-state index is 0.117. The molecule has 0 aliphatic carbocycles. The molecule has 0 aromatic carbocycles. The Labute approximate surface area is 105 Å². The largest absolute Gasteiger partial charge is 0.477 e. The average Bonchev–Trinajstić information content (AvgIpc) is 2.71. The number of aliphatic carboxylic acids is 1. The van der Waals surface area contributed by atoms with E-state index in [0.29, 0.717) is 6.42 Å². The van der Waals surface area contributed by atoms with Crippen LogP contribution in [0.15, 0.2) is 24.2 Å². The molecule has 0 atom stereocenters. The lowest BCUT2D eigenvalue weighted by atomic mass is 10.3. The maximum absolute atomic E-state index is 10.9. The molecule has 6 heteroatoms. The van der Waals surface area contributed by atoms with Gasteiger partial charge in [0.25, 0.3) is 0 Å². The first-order valence-electron chi connectivity index (χ1n) is 5.75. The first kappa shape index (κ1) is 14.0. The Hall–Kier alpha value is -2.11. The van der Waals surface area contributed by atoms with E-state index in [4.69, 9.17) is 5.11 Å².